The lowest BCUT2D eigenvalue weighted by atomic mass is 10.2. The van der Waals surface area contributed by atoms with Crippen LogP contribution in [0.2, 0.25) is 5.02 Å². The van der Waals surface area contributed by atoms with Crippen LogP contribution in [0.15, 0.2) is 18.2 Å². The minimum Gasteiger partial charge on any atom is -0.492 e. The van der Waals surface area contributed by atoms with E-state index in [0.29, 0.717) is 23.1 Å². The summed E-state index contributed by atoms with van der Waals surface area (Å²) in [7, 11) is 0. The molecule has 0 radical (unpaired) electrons. The average Bonchev–Trinajstić information content (AvgIpc) is 2.28. The van der Waals surface area contributed by atoms with Crippen molar-refractivity contribution in [3.05, 3.63) is 23.2 Å². The highest BCUT2D eigenvalue weighted by molar-refractivity contribution is 6.32. The normalized spacial score (nSPS) is 10.4. The summed E-state index contributed by atoms with van der Waals surface area (Å²) in [4.78, 5) is 0. The molecule has 0 bridgehead atoms. The van der Waals surface area contributed by atoms with E-state index < -0.39 is 0 Å². The van der Waals surface area contributed by atoms with Crippen LogP contribution < -0.4 is 10.5 Å². The van der Waals surface area contributed by atoms with Crippen LogP contribution in [0.1, 0.15) is 25.7 Å². The van der Waals surface area contributed by atoms with E-state index in [4.69, 9.17) is 27.2 Å². The van der Waals surface area contributed by atoms with E-state index in [1.807, 2.05) is 0 Å². The molecule has 16 heavy (non-hydrogen) atoms. The number of halogens is 1. The third-order valence-corrected chi connectivity index (χ3v) is 2.58. The van der Waals surface area contributed by atoms with Gasteiger partial charge in [0.25, 0.3) is 0 Å². The summed E-state index contributed by atoms with van der Waals surface area (Å²) in [6.45, 7) is 0.899. The first-order chi connectivity index (χ1) is 7.74. The Bertz CT molecular complexity index is 318. The van der Waals surface area contributed by atoms with Gasteiger partial charge in [-0.15, -0.1) is 0 Å². The smallest absolute Gasteiger partial charge is 0.139 e. The van der Waals surface area contributed by atoms with Crippen molar-refractivity contribution in [2.75, 3.05) is 18.9 Å². The maximum atomic E-state index is 8.61. The number of unbranched alkanes of at least 4 members (excludes halogenated alkanes) is 3. The molecule has 0 fully saturated rings. The fourth-order valence-corrected chi connectivity index (χ4v) is 1.55. The molecule has 3 nitrogen and oxygen atoms in total. The minimum atomic E-state index is 0.266. The van der Waals surface area contributed by atoms with E-state index in [2.05, 4.69) is 0 Å². The molecule has 3 N–H and O–H groups in total. The Hall–Kier alpha value is -0.930. The Morgan fingerprint density at radius 3 is 2.69 bits per heavy atom. The molecular formula is C12H18ClNO2. The van der Waals surface area contributed by atoms with Gasteiger partial charge in [-0.05, 0) is 31.4 Å². The van der Waals surface area contributed by atoms with E-state index in [0.717, 1.165) is 25.7 Å². The summed E-state index contributed by atoms with van der Waals surface area (Å²) in [5.74, 6) is 0.642. The zero-order valence-corrected chi connectivity index (χ0v) is 10.0. The van der Waals surface area contributed by atoms with Gasteiger partial charge in [-0.3, -0.25) is 0 Å². The first-order valence-corrected chi connectivity index (χ1v) is 5.90. The van der Waals surface area contributed by atoms with Crippen molar-refractivity contribution < 1.29 is 9.84 Å². The molecule has 0 aliphatic rings. The molecule has 0 atom stereocenters. The second kappa shape index (κ2) is 7.36. The van der Waals surface area contributed by atoms with Crippen molar-refractivity contribution in [1.29, 1.82) is 0 Å². The average molecular weight is 244 g/mol. The van der Waals surface area contributed by atoms with E-state index in [-0.39, 0.29) is 6.61 Å². The van der Waals surface area contributed by atoms with Crippen LogP contribution in [-0.2, 0) is 0 Å². The van der Waals surface area contributed by atoms with Crippen LogP contribution in [0.5, 0.6) is 5.75 Å². The maximum Gasteiger partial charge on any atom is 0.139 e. The number of nitrogen functional groups attached to an aromatic ring is 1. The second-order valence-electron chi connectivity index (χ2n) is 3.68. The number of aliphatic hydroxyl groups excluding tert-OH is 1. The highest BCUT2D eigenvalue weighted by atomic mass is 35.5. The quantitative estimate of drug-likeness (QED) is 0.572. The van der Waals surface area contributed by atoms with Crippen molar-refractivity contribution >= 4 is 17.3 Å². The van der Waals surface area contributed by atoms with Crippen molar-refractivity contribution in [2.45, 2.75) is 25.7 Å². The first kappa shape index (κ1) is 13.1. The second-order valence-corrected chi connectivity index (χ2v) is 4.08. The first-order valence-electron chi connectivity index (χ1n) is 5.52. The number of hydrogen-bond acceptors (Lipinski definition) is 3. The number of rotatable bonds is 7. The standard InChI is InChI=1S/C12H18ClNO2/c13-11-6-5-10(14)9-12(11)16-8-4-2-1-3-7-15/h5-6,9,15H,1-4,7-8,14H2. The highest BCUT2D eigenvalue weighted by Gasteiger charge is 2.01. The topological polar surface area (TPSA) is 55.5 Å². The molecule has 0 spiro atoms. The van der Waals surface area contributed by atoms with E-state index in [1.54, 1.807) is 18.2 Å². The highest BCUT2D eigenvalue weighted by Crippen LogP contribution is 2.26. The molecular weight excluding hydrogens is 226 g/mol. The summed E-state index contributed by atoms with van der Waals surface area (Å²) in [5, 5.41) is 9.19. The number of ether oxygens (including phenoxy) is 1. The number of nitrogens with two attached hydrogens (primary N) is 1. The fourth-order valence-electron chi connectivity index (χ4n) is 1.38. The van der Waals surface area contributed by atoms with Gasteiger partial charge in [-0.2, -0.15) is 0 Å². The molecule has 1 aromatic carbocycles. The van der Waals surface area contributed by atoms with Crippen molar-refractivity contribution in [1.82, 2.24) is 0 Å². The van der Waals surface area contributed by atoms with Gasteiger partial charge in [0.2, 0.25) is 0 Å². The zero-order chi connectivity index (χ0) is 11.8. The van der Waals surface area contributed by atoms with Crippen molar-refractivity contribution in [2.24, 2.45) is 0 Å². The SMILES string of the molecule is Nc1ccc(Cl)c(OCCCCCCO)c1. The van der Waals surface area contributed by atoms with Gasteiger partial charge in [0, 0.05) is 18.4 Å². The summed E-state index contributed by atoms with van der Waals surface area (Å²) in [6, 6.07) is 5.21. The van der Waals surface area contributed by atoms with Gasteiger partial charge in [0.1, 0.15) is 5.75 Å². The van der Waals surface area contributed by atoms with Crippen molar-refractivity contribution in [3.63, 3.8) is 0 Å². The third kappa shape index (κ3) is 4.73. The molecule has 1 rings (SSSR count). The van der Waals surface area contributed by atoms with Crippen LogP contribution in [0.4, 0.5) is 5.69 Å². The van der Waals surface area contributed by atoms with Crippen molar-refractivity contribution in [3.8, 4) is 5.75 Å². The monoisotopic (exact) mass is 243 g/mol. The summed E-state index contributed by atoms with van der Waals surface area (Å²) in [6.07, 6.45) is 3.91. The Balaban J connectivity index is 2.23. The molecule has 0 unspecified atom stereocenters. The Morgan fingerprint density at radius 1 is 1.19 bits per heavy atom. The molecule has 0 aromatic heterocycles. The summed E-state index contributed by atoms with van der Waals surface area (Å²) in [5.41, 5.74) is 6.28. The summed E-state index contributed by atoms with van der Waals surface area (Å²) >= 11 is 5.95. The largest absolute Gasteiger partial charge is 0.492 e. The predicted molar refractivity (Wildman–Crippen MR) is 66.9 cm³/mol. The lowest BCUT2D eigenvalue weighted by Crippen LogP contribution is -1.99. The van der Waals surface area contributed by atoms with Gasteiger partial charge in [0.05, 0.1) is 11.6 Å². The van der Waals surface area contributed by atoms with Gasteiger partial charge in [-0.25, -0.2) is 0 Å². The van der Waals surface area contributed by atoms with Crippen LogP contribution in [-0.4, -0.2) is 18.3 Å². The zero-order valence-electron chi connectivity index (χ0n) is 9.29. The van der Waals surface area contributed by atoms with Gasteiger partial charge >= 0.3 is 0 Å². The van der Waals surface area contributed by atoms with Gasteiger partial charge in [-0.1, -0.05) is 18.0 Å². The number of aliphatic hydroxyl groups is 1. The molecule has 0 saturated heterocycles. The Morgan fingerprint density at radius 2 is 1.94 bits per heavy atom. The van der Waals surface area contributed by atoms with Gasteiger partial charge in [0.15, 0.2) is 0 Å². The van der Waals surface area contributed by atoms with Crippen LogP contribution in [0.25, 0.3) is 0 Å². The minimum absolute atomic E-state index is 0.266. The molecule has 0 amide bonds. The molecule has 0 heterocycles. The molecule has 1 aromatic rings. The van der Waals surface area contributed by atoms with E-state index >= 15 is 0 Å². The lowest BCUT2D eigenvalue weighted by Gasteiger charge is -2.08. The van der Waals surface area contributed by atoms with Crippen LogP contribution >= 0.6 is 11.6 Å². The molecule has 0 saturated carbocycles. The molecule has 90 valence electrons. The predicted octanol–water partition coefficient (Wildman–Crippen LogP) is 2.85. The molecule has 0 aliphatic heterocycles. The fraction of sp³-hybridized carbons (Fsp3) is 0.500. The van der Waals surface area contributed by atoms with Crippen LogP contribution in [0.3, 0.4) is 0 Å². The Kier molecular flexibility index (Phi) is 6.04. The number of benzene rings is 1. The van der Waals surface area contributed by atoms with E-state index in [9.17, 15) is 0 Å². The number of hydrogen-bond donors (Lipinski definition) is 2. The molecule has 4 heteroatoms. The molecule has 0 aliphatic carbocycles. The number of anilines is 1. The third-order valence-electron chi connectivity index (χ3n) is 2.27. The summed E-state index contributed by atoms with van der Waals surface area (Å²) < 4.78 is 5.52. The van der Waals surface area contributed by atoms with Gasteiger partial charge < -0.3 is 15.6 Å². The van der Waals surface area contributed by atoms with E-state index in [1.165, 1.54) is 0 Å². The maximum absolute atomic E-state index is 8.61. The lowest BCUT2D eigenvalue weighted by molar-refractivity contribution is 0.273. The van der Waals surface area contributed by atoms with Crippen LogP contribution in [0, 0.1) is 0 Å². The Labute approximate surface area is 101 Å².